The molecule has 1 fully saturated rings. The van der Waals surface area contributed by atoms with Gasteiger partial charge in [-0.15, -0.1) is 11.8 Å². The zero-order chi connectivity index (χ0) is 17.7. The fourth-order valence-electron chi connectivity index (χ4n) is 2.63. The summed E-state index contributed by atoms with van der Waals surface area (Å²) in [7, 11) is 0. The van der Waals surface area contributed by atoms with Crippen LogP contribution in [-0.2, 0) is 0 Å². The number of hydrogen-bond donors (Lipinski definition) is 1. The molecular weight excluding hydrogens is 326 g/mol. The number of benzene rings is 1. The van der Waals surface area contributed by atoms with Crippen LogP contribution in [0.5, 0.6) is 0 Å². The van der Waals surface area contributed by atoms with E-state index in [1.165, 1.54) is 17.8 Å². The van der Waals surface area contributed by atoms with Crippen molar-refractivity contribution in [3.8, 4) is 0 Å². The smallest absolute Gasteiger partial charge is 0.283 e. The Balaban J connectivity index is 2.18. The quantitative estimate of drug-likeness (QED) is 0.484. The lowest BCUT2D eigenvalue weighted by molar-refractivity contribution is -0.387. The monoisotopic (exact) mass is 351 g/mol. The highest BCUT2D eigenvalue weighted by Gasteiger charge is 2.26. The molecule has 1 unspecified atom stereocenters. The van der Waals surface area contributed by atoms with Crippen molar-refractivity contribution < 1.29 is 9.72 Å². The number of carbonyl (C=O) groups is 1. The zero-order valence-corrected chi connectivity index (χ0v) is 15.3. The molecule has 7 heteroatoms. The van der Waals surface area contributed by atoms with E-state index < -0.39 is 4.92 Å². The van der Waals surface area contributed by atoms with E-state index in [1.54, 1.807) is 17.0 Å². The van der Waals surface area contributed by atoms with Crippen LogP contribution in [0.15, 0.2) is 23.1 Å². The Morgan fingerprint density at radius 2 is 2.25 bits per heavy atom. The van der Waals surface area contributed by atoms with E-state index in [0.717, 1.165) is 25.3 Å². The molecule has 1 saturated heterocycles. The van der Waals surface area contributed by atoms with Crippen LogP contribution in [0.3, 0.4) is 0 Å². The lowest BCUT2D eigenvalue weighted by atomic mass is 10.1. The third kappa shape index (κ3) is 4.70. The van der Waals surface area contributed by atoms with Gasteiger partial charge < -0.3 is 10.2 Å². The van der Waals surface area contributed by atoms with Crippen molar-refractivity contribution in [2.75, 3.05) is 25.4 Å². The van der Waals surface area contributed by atoms with Gasteiger partial charge in [0, 0.05) is 37.3 Å². The molecule has 1 heterocycles. The normalized spacial score (nSPS) is 18.0. The summed E-state index contributed by atoms with van der Waals surface area (Å²) in [6, 6.07) is 4.94. The van der Waals surface area contributed by atoms with Crippen LogP contribution < -0.4 is 5.32 Å². The molecule has 1 amide bonds. The molecule has 6 nitrogen and oxygen atoms in total. The van der Waals surface area contributed by atoms with Crippen molar-refractivity contribution in [3.63, 3.8) is 0 Å². The molecule has 0 bridgehead atoms. The molecule has 1 atom stereocenters. The van der Waals surface area contributed by atoms with Crippen molar-refractivity contribution in [2.45, 2.75) is 38.1 Å². The molecule has 24 heavy (non-hydrogen) atoms. The highest BCUT2D eigenvalue weighted by atomic mass is 32.2. The minimum atomic E-state index is -0.393. The molecular formula is C17H25N3O3S. The number of piperazine rings is 1. The van der Waals surface area contributed by atoms with E-state index in [1.807, 2.05) is 6.92 Å². The summed E-state index contributed by atoms with van der Waals surface area (Å²) in [4.78, 5) is 26.1. The van der Waals surface area contributed by atoms with Crippen LogP contribution in [0, 0.1) is 16.0 Å². The van der Waals surface area contributed by atoms with Crippen LogP contribution in [-0.4, -0.2) is 47.2 Å². The van der Waals surface area contributed by atoms with Crippen molar-refractivity contribution >= 4 is 23.4 Å². The van der Waals surface area contributed by atoms with Gasteiger partial charge in [0.05, 0.1) is 9.82 Å². The second-order valence-corrected chi connectivity index (χ2v) is 7.66. The van der Waals surface area contributed by atoms with Crippen molar-refractivity contribution in [2.24, 2.45) is 5.92 Å². The maximum absolute atomic E-state index is 12.7. The van der Waals surface area contributed by atoms with Gasteiger partial charge in [-0.3, -0.25) is 14.9 Å². The van der Waals surface area contributed by atoms with Gasteiger partial charge in [-0.1, -0.05) is 13.8 Å². The molecule has 2 rings (SSSR count). The molecule has 1 N–H and O–H groups in total. The van der Waals surface area contributed by atoms with E-state index in [9.17, 15) is 14.9 Å². The van der Waals surface area contributed by atoms with Crippen LogP contribution in [0.2, 0.25) is 0 Å². The number of nitrogens with one attached hydrogen (secondary N) is 1. The van der Waals surface area contributed by atoms with Crippen molar-refractivity contribution in [3.05, 3.63) is 33.9 Å². The first-order chi connectivity index (χ1) is 11.4. The van der Waals surface area contributed by atoms with Crippen LogP contribution in [0.25, 0.3) is 0 Å². The Hall–Kier alpha value is -1.60. The minimum Gasteiger partial charge on any atom is -0.333 e. The number of amides is 1. The molecule has 0 aromatic heterocycles. The highest BCUT2D eigenvalue weighted by molar-refractivity contribution is 7.99. The van der Waals surface area contributed by atoms with Crippen molar-refractivity contribution in [1.29, 1.82) is 0 Å². The third-order valence-electron chi connectivity index (χ3n) is 4.12. The molecule has 0 radical (unpaired) electrons. The van der Waals surface area contributed by atoms with Gasteiger partial charge in [-0.05, 0) is 37.1 Å². The Bertz CT molecular complexity index is 607. The first-order valence-electron chi connectivity index (χ1n) is 8.33. The fourth-order valence-corrected chi connectivity index (χ4v) is 3.88. The molecule has 1 aromatic rings. The van der Waals surface area contributed by atoms with Crippen molar-refractivity contribution in [1.82, 2.24) is 10.2 Å². The van der Waals surface area contributed by atoms with E-state index in [-0.39, 0.29) is 17.6 Å². The Morgan fingerprint density at radius 3 is 2.88 bits per heavy atom. The van der Waals surface area contributed by atoms with E-state index in [4.69, 9.17) is 0 Å². The molecule has 0 saturated carbocycles. The number of carbonyl (C=O) groups excluding carboxylic acids is 1. The van der Waals surface area contributed by atoms with Gasteiger partial charge in [0.25, 0.3) is 11.6 Å². The maximum atomic E-state index is 12.7. The SMILES string of the molecule is CC(C)CCSc1ccc(C(=O)N2CCNCC2C)cc1[N+](=O)[O-]. The largest absolute Gasteiger partial charge is 0.333 e. The molecule has 1 aromatic carbocycles. The number of hydrogen-bond acceptors (Lipinski definition) is 5. The molecule has 0 spiro atoms. The second-order valence-electron chi connectivity index (χ2n) is 6.52. The van der Waals surface area contributed by atoms with Gasteiger partial charge in [0.2, 0.25) is 0 Å². The first-order valence-corrected chi connectivity index (χ1v) is 9.31. The predicted molar refractivity (Wildman–Crippen MR) is 96.6 cm³/mol. The standard InChI is InChI=1S/C17H25N3O3S/c1-12(2)6-9-24-16-5-4-14(10-15(16)20(22)23)17(21)19-8-7-18-11-13(19)3/h4-5,10,12-13,18H,6-9,11H2,1-3H3. The number of nitro benzene ring substituents is 1. The topological polar surface area (TPSA) is 75.5 Å². The average Bonchev–Trinajstić information content (AvgIpc) is 2.54. The van der Waals surface area contributed by atoms with Gasteiger partial charge in [-0.2, -0.15) is 0 Å². The van der Waals surface area contributed by atoms with Crippen LogP contribution in [0.4, 0.5) is 5.69 Å². The fraction of sp³-hybridized carbons (Fsp3) is 0.588. The summed E-state index contributed by atoms with van der Waals surface area (Å²) in [5.74, 6) is 1.26. The Labute approximate surface area is 147 Å². The summed E-state index contributed by atoms with van der Waals surface area (Å²) < 4.78 is 0. The summed E-state index contributed by atoms with van der Waals surface area (Å²) in [5, 5.41) is 14.6. The third-order valence-corrected chi connectivity index (χ3v) is 5.21. The second kappa shape index (κ2) is 8.48. The lowest BCUT2D eigenvalue weighted by Crippen LogP contribution is -2.52. The summed E-state index contributed by atoms with van der Waals surface area (Å²) in [6.45, 7) is 8.36. The Morgan fingerprint density at radius 1 is 1.50 bits per heavy atom. The summed E-state index contributed by atoms with van der Waals surface area (Å²) >= 11 is 1.48. The van der Waals surface area contributed by atoms with Gasteiger partial charge in [0.1, 0.15) is 0 Å². The number of nitrogens with zero attached hydrogens (tertiary/aromatic N) is 2. The van der Waals surface area contributed by atoms with E-state index in [0.29, 0.717) is 22.9 Å². The van der Waals surface area contributed by atoms with E-state index in [2.05, 4.69) is 19.2 Å². The van der Waals surface area contributed by atoms with Crippen LogP contribution >= 0.6 is 11.8 Å². The molecule has 0 aliphatic carbocycles. The van der Waals surface area contributed by atoms with Gasteiger partial charge >= 0.3 is 0 Å². The van der Waals surface area contributed by atoms with Crippen LogP contribution in [0.1, 0.15) is 37.6 Å². The first kappa shape index (κ1) is 18.7. The van der Waals surface area contributed by atoms with E-state index >= 15 is 0 Å². The Kier molecular flexibility index (Phi) is 6.62. The molecule has 1 aliphatic rings. The highest BCUT2D eigenvalue weighted by Crippen LogP contribution is 2.31. The maximum Gasteiger partial charge on any atom is 0.283 e. The summed E-state index contributed by atoms with van der Waals surface area (Å²) in [5.41, 5.74) is 0.418. The van der Waals surface area contributed by atoms with Gasteiger partial charge in [0.15, 0.2) is 0 Å². The lowest BCUT2D eigenvalue weighted by Gasteiger charge is -2.34. The molecule has 1 aliphatic heterocycles. The summed E-state index contributed by atoms with van der Waals surface area (Å²) in [6.07, 6.45) is 1.00. The molecule has 132 valence electrons. The average molecular weight is 351 g/mol. The minimum absolute atomic E-state index is 0.0254. The van der Waals surface area contributed by atoms with Gasteiger partial charge in [-0.25, -0.2) is 0 Å². The number of nitro groups is 1. The predicted octanol–water partition coefficient (Wildman–Crippen LogP) is 3.17. The number of thioether (sulfide) groups is 1. The number of rotatable bonds is 6. The zero-order valence-electron chi connectivity index (χ0n) is 14.4.